The Morgan fingerprint density at radius 2 is 1.79 bits per heavy atom. The first-order chi connectivity index (χ1) is 18.1. The van der Waals surface area contributed by atoms with Crippen LogP contribution < -0.4 is 16.3 Å². The molecule has 2 heterocycles. The lowest BCUT2D eigenvalue weighted by Crippen LogP contribution is -2.49. The smallest absolute Gasteiger partial charge is 0.340 e. The molecule has 0 bridgehead atoms. The fraction of sp³-hybridized carbons (Fsp3) is 0.286. The van der Waals surface area contributed by atoms with Crippen LogP contribution in [-0.2, 0) is 27.2 Å². The van der Waals surface area contributed by atoms with Gasteiger partial charge in [-0.1, -0.05) is 23.7 Å². The maximum Gasteiger partial charge on any atom is 0.340 e. The molecule has 2 aromatic carbocycles. The molecule has 9 nitrogen and oxygen atoms in total. The van der Waals surface area contributed by atoms with Crippen LogP contribution in [0.25, 0.3) is 21.9 Å². The van der Waals surface area contributed by atoms with Gasteiger partial charge in [-0.15, -0.1) is 0 Å². The van der Waals surface area contributed by atoms with Crippen molar-refractivity contribution in [3.05, 3.63) is 80.4 Å². The van der Waals surface area contributed by atoms with Gasteiger partial charge in [0.2, 0.25) is 11.8 Å². The van der Waals surface area contributed by atoms with Crippen molar-refractivity contribution in [2.75, 3.05) is 6.54 Å². The van der Waals surface area contributed by atoms with E-state index in [-0.39, 0.29) is 37.8 Å². The number of halogens is 1. The SMILES string of the molecule is Cc1coc2cc3oc(=O)c(CC(=O)NC(Cc4ccc(Cl)cc4)C(=O)NCCCC(=O)O)c(C)c3cc12. The molecule has 198 valence electrons. The molecule has 0 fully saturated rings. The third kappa shape index (κ3) is 6.23. The Morgan fingerprint density at radius 1 is 1.05 bits per heavy atom. The Labute approximate surface area is 222 Å². The standard InChI is InChI=1S/C28H27ClN2O7/c1-15-14-37-23-13-24-20(11-19(15)23)16(2)21(28(36)38-24)12-25(32)31-22(10-17-5-7-18(29)8-6-17)27(35)30-9-3-4-26(33)34/h5-8,11,13-14,22H,3-4,9-10,12H2,1-2H3,(H,30,35)(H,31,32)(H,33,34). The zero-order valence-corrected chi connectivity index (χ0v) is 21.7. The van der Waals surface area contributed by atoms with E-state index in [1.807, 2.05) is 13.0 Å². The molecular formula is C28H27ClN2O7. The summed E-state index contributed by atoms with van der Waals surface area (Å²) in [4.78, 5) is 49.5. The van der Waals surface area contributed by atoms with Crippen LogP contribution in [0, 0.1) is 13.8 Å². The predicted octanol–water partition coefficient (Wildman–Crippen LogP) is 4.06. The van der Waals surface area contributed by atoms with Gasteiger partial charge < -0.3 is 24.6 Å². The second-order valence-electron chi connectivity index (χ2n) is 9.17. The van der Waals surface area contributed by atoms with E-state index < -0.39 is 29.5 Å². The average molecular weight is 539 g/mol. The Hall–Kier alpha value is -4.11. The van der Waals surface area contributed by atoms with Crippen molar-refractivity contribution in [1.82, 2.24) is 10.6 Å². The van der Waals surface area contributed by atoms with E-state index in [1.165, 1.54) is 0 Å². The van der Waals surface area contributed by atoms with Gasteiger partial charge in [-0.05, 0) is 55.2 Å². The van der Waals surface area contributed by atoms with E-state index in [1.54, 1.807) is 43.5 Å². The number of carboxylic acids is 1. The molecule has 0 saturated heterocycles. The van der Waals surface area contributed by atoms with E-state index in [2.05, 4.69) is 10.6 Å². The van der Waals surface area contributed by atoms with Crippen LogP contribution in [0.2, 0.25) is 5.02 Å². The molecule has 38 heavy (non-hydrogen) atoms. The molecule has 2 amide bonds. The molecule has 4 rings (SSSR count). The lowest BCUT2D eigenvalue weighted by atomic mass is 10.0. The molecule has 1 unspecified atom stereocenters. The van der Waals surface area contributed by atoms with E-state index in [0.717, 1.165) is 16.5 Å². The lowest BCUT2D eigenvalue weighted by molar-refractivity contribution is -0.137. The summed E-state index contributed by atoms with van der Waals surface area (Å²) >= 11 is 5.96. The molecule has 0 aliphatic rings. The number of benzene rings is 2. The normalized spacial score (nSPS) is 12.0. The minimum atomic E-state index is -0.960. The van der Waals surface area contributed by atoms with Gasteiger partial charge in [0, 0.05) is 41.2 Å². The highest BCUT2D eigenvalue weighted by Gasteiger charge is 2.23. The second kappa shape index (κ2) is 11.5. The number of carboxylic acid groups (broad SMARTS) is 1. The maximum atomic E-state index is 13.1. The first-order valence-corrected chi connectivity index (χ1v) is 12.5. The second-order valence-corrected chi connectivity index (χ2v) is 9.61. The fourth-order valence-electron chi connectivity index (χ4n) is 4.29. The van der Waals surface area contributed by atoms with Crippen LogP contribution >= 0.6 is 11.6 Å². The molecule has 0 radical (unpaired) electrons. The van der Waals surface area contributed by atoms with E-state index in [0.29, 0.717) is 27.1 Å². The third-order valence-electron chi connectivity index (χ3n) is 6.38. The van der Waals surface area contributed by atoms with Gasteiger partial charge in [0.05, 0.1) is 18.2 Å². The number of furan rings is 1. The highest BCUT2D eigenvalue weighted by Crippen LogP contribution is 2.28. The predicted molar refractivity (Wildman–Crippen MR) is 142 cm³/mol. The number of hydrogen-bond donors (Lipinski definition) is 3. The van der Waals surface area contributed by atoms with Crippen molar-refractivity contribution in [3.63, 3.8) is 0 Å². The molecule has 0 aliphatic carbocycles. The van der Waals surface area contributed by atoms with Crippen molar-refractivity contribution >= 4 is 51.3 Å². The Kier molecular flexibility index (Phi) is 8.16. The van der Waals surface area contributed by atoms with Crippen LogP contribution in [0.15, 0.2) is 56.3 Å². The van der Waals surface area contributed by atoms with Gasteiger partial charge in [-0.2, -0.15) is 0 Å². The number of amides is 2. The monoisotopic (exact) mass is 538 g/mol. The van der Waals surface area contributed by atoms with E-state index in [4.69, 9.17) is 25.5 Å². The number of aliphatic carboxylic acids is 1. The average Bonchev–Trinajstić information content (AvgIpc) is 3.23. The number of aryl methyl sites for hydroxylation is 2. The van der Waals surface area contributed by atoms with Crippen molar-refractivity contribution < 1.29 is 28.3 Å². The van der Waals surface area contributed by atoms with Crippen molar-refractivity contribution in [2.45, 2.75) is 45.6 Å². The van der Waals surface area contributed by atoms with Crippen molar-refractivity contribution in [2.24, 2.45) is 0 Å². The Balaban J connectivity index is 1.54. The molecule has 10 heteroatoms. The fourth-order valence-corrected chi connectivity index (χ4v) is 4.41. The molecule has 0 spiro atoms. The largest absolute Gasteiger partial charge is 0.481 e. The Bertz CT molecular complexity index is 1570. The zero-order chi connectivity index (χ0) is 27.4. The third-order valence-corrected chi connectivity index (χ3v) is 6.64. The van der Waals surface area contributed by atoms with Crippen LogP contribution in [0.1, 0.15) is 35.1 Å². The number of rotatable bonds is 10. The highest BCUT2D eigenvalue weighted by molar-refractivity contribution is 6.30. The van der Waals surface area contributed by atoms with Gasteiger partial charge >= 0.3 is 11.6 Å². The number of nitrogens with one attached hydrogen (secondary N) is 2. The van der Waals surface area contributed by atoms with Gasteiger partial charge in [0.15, 0.2) is 0 Å². The van der Waals surface area contributed by atoms with Crippen LogP contribution in [0.4, 0.5) is 0 Å². The van der Waals surface area contributed by atoms with Gasteiger partial charge in [-0.3, -0.25) is 14.4 Å². The van der Waals surface area contributed by atoms with Crippen molar-refractivity contribution in [3.8, 4) is 0 Å². The number of carbonyl (C=O) groups excluding carboxylic acids is 2. The lowest BCUT2D eigenvalue weighted by Gasteiger charge is -2.19. The molecular weight excluding hydrogens is 512 g/mol. The summed E-state index contributed by atoms with van der Waals surface area (Å²) in [6.07, 6.45) is 1.69. The molecule has 1 atom stereocenters. The minimum Gasteiger partial charge on any atom is -0.481 e. The van der Waals surface area contributed by atoms with E-state index in [9.17, 15) is 19.2 Å². The molecule has 0 saturated carbocycles. The molecule has 4 aromatic rings. The van der Waals surface area contributed by atoms with E-state index >= 15 is 0 Å². The summed E-state index contributed by atoms with van der Waals surface area (Å²) in [6.45, 7) is 3.81. The summed E-state index contributed by atoms with van der Waals surface area (Å²) in [6, 6.07) is 9.45. The molecule has 3 N–H and O–H groups in total. The molecule has 2 aromatic heterocycles. The number of hydrogen-bond acceptors (Lipinski definition) is 6. The highest BCUT2D eigenvalue weighted by atomic mass is 35.5. The topological polar surface area (TPSA) is 139 Å². The molecule has 0 aliphatic heterocycles. The van der Waals surface area contributed by atoms with Crippen LogP contribution in [0.5, 0.6) is 0 Å². The van der Waals surface area contributed by atoms with Crippen molar-refractivity contribution in [1.29, 1.82) is 0 Å². The van der Waals surface area contributed by atoms with Gasteiger partial charge in [0.1, 0.15) is 17.2 Å². The van der Waals surface area contributed by atoms with Gasteiger partial charge in [-0.25, -0.2) is 4.79 Å². The first-order valence-electron chi connectivity index (χ1n) is 12.1. The number of carbonyl (C=O) groups is 3. The summed E-state index contributed by atoms with van der Waals surface area (Å²) in [5, 5.41) is 16.3. The number of fused-ring (bicyclic) bond motifs is 2. The summed E-state index contributed by atoms with van der Waals surface area (Å²) in [5.41, 5.74) is 2.83. The maximum absolute atomic E-state index is 13.1. The minimum absolute atomic E-state index is 0.0871. The Morgan fingerprint density at radius 3 is 2.50 bits per heavy atom. The summed E-state index contributed by atoms with van der Waals surface area (Å²) in [5.74, 6) is -1.95. The first kappa shape index (κ1) is 26.9. The van der Waals surface area contributed by atoms with Gasteiger partial charge in [0.25, 0.3) is 0 Å². The summed E-state index contributed by atoms with van der Waals surface area (Å²) in [7, 11) is 0. The van der Waals surface area contributed by atoms with Crippen LogP contribution in [0.3, 0.4) is 0 Å². The zero-order valence-electron chi connectivity index (χ0n) is 20.9. The quantitative estimate of drug-likeness (QED) is 0.204. The van der Waals surface area contributed by atoms with Crippen LogP contribution in [-0.4, -0.2) is 35.5 Å². The summed E-state index contributed by atoms with van der Waals surface area (Å²) < 4.78 is 11.0.